The second-order valence-corrected chi connectivity index (χ2v) is 7.33. The van der Waals surface area contributed by atoms with Crippen LogP contribution in [0.2, 0.25) is 5.02 Å². The van der Waals surface area contributed by atoms with Crippen molar-refractivity contribution in [2.45, 2.75) is 17.9 Å². The summed E-state index contributed by atoms with van der Waals surface area (Å²) in [4.78, 5) is 10.8. The molecule has 21 heavy (non-hydrogen) atoms. The first-order chi connectivity index (χ1) is 9.81. The summed E-state index contributed by atoms with van der Waals surface area (Å²) >= 11 is 7.09. The lowest BCUT2D eigenvalue weighted by molar-refractivity contribution is -0.384. The van der Waals surface area contributed by atoms with Gasteiger partial charge in [-0.15, -0.1) is 11.3 Å². The molecule has 0 radical (unpaired) electrons. The highest BCUT2D eigenvalue weighted by Gasteiger charge is 2.23. The Labute approximate surface area is 130 Å². The van der Waals surface area contributed by atoms with Crippen LogP contribution in [-0.2, 0) is 10.0 Å². The van der Waals surface area contributed by atoms with Crippen LogP contribution < -0.4 is 4.72 Å². The number of rotatable bonds is 5. The summed E-state index contributed by atoms with van der Waals surface area (Å²) < 4.78 is 27.0. The van der Waals surface area contributed by atoms with Gasteiger partial charge in [0.1, 0.15) is 5.02 Å². The maximum atomic E-state index is 12.3. The van der Waals surface area contributed by atoms with Gasteiger partial charge in [0.25, 0.3) is 5.69 Å². The molecular weight excluding hydrogens is 336 g/mol. The van der Waals surface area contributed by atoms with Gasteiger partial charge in [-0.2, -0.15) is 0 Å². The third kappa shape index (κ3) is 3.59. The Kier molecular flexibility index (Phi) is 4.62. The number of hydrogen-bond donors (Lipinski definition) is 1. The highest BCUT2D eigenvalue weighted by atomic mass is 35.5. The van der Waals surface area contributed by atoms with Crippen LogP contribution in [0.4, 0.5) is 5.69 Å². The average molecular weight is 347 g/mol. The van der Waals surface area contributed by atoms with Crippen LogP contribution in [0, 0.1) is 10.1 Å². The number of sulfonamides is 1. The molecule has 1 heterocycles. The van der Waals surface area contributed by atoms with E-state index in [1.54, 1.807) is 6.92 Å². The molecule has 0 aliphatic carbocycles. The van der Waals surface area contributed by atoms with Crippen molar-refractivity contribution in [1.82, 2.24) is 4.72 Å². The molecule has 0 amide bonds. The Hall–Kier alpha value is -1.48. The number of hydrogen-bond acceptors (Lipinski definition) is 5. The lowest BCUT2D eigenvalue weighted by Crippen LogP contribution is -2.26. The van der Waals surface area contributed by atoms with Crippen LogP contribution >= 0.6 is 22.9 Å². The molecule has 0 spiro atoms. The van der Waals surface area contributed by atoms with Crippen LogP contribution in [0.1, 0.15) is 17.8 Å². The van der Waals surface area contributed by atoms with Crippen LogP contribution in [0.15, 0.2) is 40.6 Å². The standard InChI is InChI=1S/C12H11ClN2O4S2/c1-8(12-3-2-6-20-12)14-21(18,19)9-4-5-10(13)11(7-9)15(16)17/h2-8,14H,1H3/t8-/m1/s1. The van der Waals surface area contributed by atoms with E-state index >= 15 is 0 Å². The number of nitrogens with zero attached hydrogens (tertiary/aromatic N) is 1. The molecule has 1 aromatic carbocycles. The molecule has 1 N–H and O–H groups in total. The Morgan fingerprint density at radius 1 is 1.38 bits per heavy atom. The van der Waals surface area contributed by atoms with Gasteiger partial charge in [-0.25, -0.2) is 13.1 Å². The summed E-state index contributed by atoms with van der Waals surface area (Å²) in [5.41, 5.74) is -0.441. The molecular formula is C12H11ClN2O4S2. The van der Waals surface area contributed by atoms with Crippen molar-refractivity contribution in [2.24, 2.45) is 0 Å². The van der Waals surface area contributed by atoms with Crippen LogP contribution in [0.3, 0.4) is 0 Å². The van der Waals surface area contributed by atoms with E-state index in [0.717, 1.165) is 10.9 Å². The monoisotopic (exact) mass is 346 g/mol. The molecule has 1 aromatic heterocycles. The van der Waals surface area contributed by atoms with Gasteiger partial charge in [-0.3, -0.25) is 10.1 Å². The van der Waals surface area contributed by atoms with E-state index in [1.807, 2.05) is 17.5 Å². The molecule has 6 nitrogen and oxygen atoms in total. The zero-order chi connectivity index (χ0) is 15.6. The average Bonchev–Trinajstić information content (AvgIpc) is 2.92. The molecule has 0 fully saturated rings. The molecule has 0 saturated carbocycles. The Morgan fingerprint density at radius 3 is 2.67 bits per heavy atom. The van der Waals surface area contributed by atoms with Crippen molar-refractivity contribution in [3.63, 3.8) is 0 Å². The van der Waals surface area contributed by atoms with Crippen LogP contribution in [0.25, 0.3) is 0 Å². The van der Waals surface area contributed by atoms with Gasteiger partial charge in [0.05, 0.1) is 15.9 Å². The van der Waals surface area contributed by atoms with Gasteiger partial charge in [0, 0.05) is 10.9 Å². The van der Waals surface area contributed by atoms with E-state index in [1.165, 1.54) is 23.5 Å². The summed E-state index contributed by atoms with van der Waals surface area (Å²) in [6, 6.07) is 6.58. The molecule has 0 bridgehead atoms. The predicted octanol–water partition coefficient (Wildman–Crippen LogP) is 3.35. The minimum absolute atomic E-state index is 0.106. The van der Waals surface area contributed by atoms with Gasteiger partial charge in [0.2, 0.25) is 10.0 Å². The SMILES string of the molecule is C[C@@H](NS(=O)(=O)c1ccc(Cl)c([N+](=O)[O-])c1)c1cccs1. The topological polar surface area (TPSA) is 89.3 Å². The number of nitro groups is 1. The predicted molar refractivity (Wildman–Crippen MR) is 81.2 cm³/mol. The molecule has 0 aliphatic rings. The van der Waals surface area contributed by atoms with Gasteiger partial charge < -0.3 is 0 Å². The minimum Gasteiger partial charge on any atom is -0.258 e. The molecule has 9 heteroatoms. The Morgan fingerprint density at radius 2 is 2.10 bits per heavy atom. The first-order valence-corrected chi connectivity index (χ1v) is 8.55. The number of benzene rings is 1. The smallest absolute Gasteiger partial charge is 0.258 e. The zero-order valence-corrected chi connectivity index (χ0v) is 13.2. The van der Waals surface area contributed by atoms with Crippen molar-refractivity contribution in [1.29, 1.82) is 0 Å². The maximum Gasteiger partial charge on any atom is 0.289 e. The Balaban J connectivity index is 2.32. The summed E-state index contributed by atoms with van der Waals surface area (Å²) in [6.45, 7) is 1.70. The maximum absolute atomic E-state index is 12.3. The number of halogens is 1. The fraction of sp³-hybridized carbons (Fsp3) is 0.167. The van der Waals surface area contributed by atoms with Crippen LogP contribution in [-0.4, -0.2) is 13.3 Å². The Bertz CT molecular complexity index is 760. The largest absolute Gasteiger partial charge is 0.289 e. The van der Waals surface area contributed by atoms with E-state index in [-0.39, 0.29) is 9.92 Å². The molecule has 2 rings (SSSR count). The second-order valence-electron chi connectivity index (χ2n) is 4.23. The quantitative estimate of drug-likeness (QED) is 0.664. The van der Waals surface area contributed by atoms with E-state index < -0.39 is 26.7 Å². The molecule has 2 aromatic rings. The normalized spacial score (nSPS) is 13.0. The van der Waals surface area contributed by atoms with Crippen molar-refractivity contribution >= 4 is 38.6 Å². The molecule has 0 unspecified atom stereocenters. The molecule has 1 atom stereocenters. The first-order valence-electron chi connectivity index (χ1n) is 5.81. The number of nitrogens with one attached hydrogen (secondary N) is 1. The fourth-order valence-electron chi connectivity index (χ4n) is 1.70. The summed E-state index contributed by atoms with van der Waals surface area (Å²) in [7, 11) is -3.86. The third-order valence-corrected chi connectivity index (χ3v) is 5.64. The summed E-state index contributed by atoms with van der Waals surface area (Å²) in [5.74, 6) is 0. The third-order valence-electron chi connectivity index (χ3n) is 2.73. The number of thiophene rings is 1. The van der Waals surface area contributed by atoms with Crippen LogP contribution in [0.5, 0.6) is 0 Å². The lowest BCUT2D eigenvalue weighted by atomic mass is 10.3. The van der Waals surface area contributed by atoms with E-state index in [0.29, 0.717) is 0 Å². The lowest BCUT2D eigenvalue weighted by Gasteiger charge is -2.12. The molecule has 0 aliphatic heterocycles. The van der Waals surface area contributed by atoms with Gasteiger partial charge in [0.15, 0.2) is 0 Å². The van der Waals surface area contributed by atoms with Crippen molar-refractivity contribution in [2.75, 3.05) is 0 Å². The van der Waals surface area contributed by atoms with Gasteiger partial charge in [-0.05, 0) is 30.5 Å². The zero-order valence-electron chi connectivity index (χ0n) is 10.8. The number of nitro benzene ring substituents is 1. The minimum atomic E-state index is -3.86. The van der Waals surface area contributed by atoms with Crippen molar-refractivity contribution < 1.29 is 13.3 Å². The van der Waals surface area contributed by atoms with Gasteiger partial charge >= 0.3 is 0 Å². The van der Waals surface area contributed by atoms with E-state index in [4.69, 9.17) is 11.6 Å². The fourth-order valence-corrected chi connectivity index (χ4v) is 3.93. The summed E-state index contributed by atoms with van der Waals surface area (Å²) in [5, 5.41) is 12.6. The molecule has 112 valence electrons. The highest BCUT2D eigenvalue weighted by molar-refractivity contribution is 7.89. The van der Waals surface area contributed by atoms with Gasteiger partial charge in [-0.1, -0.05) is 17.7 Å². The van der Waals surface area contributed by atoms with E-state index in [2.05, 4.69) is 4.72 Å². The van der Waals surface area contributed by atoms with Crippen molar-refractivity contribution in [3.05, 3.63) is 55.7 Å². The molecule has 0 saturated heterocycles. The van der Waals surface area contributed by atoms with Crippen molar-refractivity contribution in [3.8, 4) is 0 Å². The highest BCUT2D eigenvalue weighted by Crippen LogP contribution is 2.28. The van der Waals surface area contributed by atoms with E-state index in [9.17, 15) is 18.5 Å². The summed E-state index contributed by atoms with van der Waals surface area (Å²) in [6.07, 6.45) is 0. The second kappa shape index (κ2) is 6.10. The first kappa shape index (κ1) is 15.9.